The lowest BCUT2D eigenvalue weighted by Crippen LogP contribution is -2.28. The van der Waals surface area contributed by atoms with E-state index in [1.54, 1.807) is 19.1 Å². The molecule has 1 aromatic carbocycles. The van der Waals surface area contributed by atoms with E-state index in [1.165, 1.54) is 37.4 Å². The van der Waals surface area contributed by atoms with Crippen molar-refractivity contribution in [3.63, 3.8) is 0 Å². The van der Waals surface area contributed by atoms with E-state index in [-0.39, 0.29) is 29.4 Å². The van der Waals surface area contributed by atoms with E-state index < -0.39 is 21.7 Å². The fraction of sp³-hybridized carbons (Fsp3) is 0.478. The van der Waals surface area contributed by atoms with E-state index in [9.17, 15) is 18.0 Å². The van der Waals surface area contributed by atoms with E-state index in [2.05, 4.69) is 27.1 Å². The van der Waals surface area contributed by atoms with Crippen molar-refractivity contribution in [3.8, 4) is 0 Å². The Hall–Kier alpha value is -3.01. The van der Waals surface area contributed by atoms with Crippen molar-refractivity contribution in [2.24, 2.45) is 5.92 Å². The third-order valence-electron chi connectivity index (χ3n) is 5.21. The third-order valence-corrected chi connectivity index (χ3v) is 6.92. The lowest BCUT2D eigenvalue weighted by Gasteiger charge is -2.23. The number of carbonyl (C=O) groups is 2. The molecule has 1 N–H and O–H groups in total. The number of carbonyl (C=O) groups excluding carboxylic acids is 2. The van der Waals surface area contributed by atoms with Gasteiger partial charge in [0.05, 0.1) is 23.7 Å². The molecule has 0 unspecified atom stereocenters. The molecule has 2 aromatic rings. The van der Waals surface area contributed by atoms with Gasteiger partial charge >= 0.3 is 5.97 Å². The summed E-state index contributed by atoms with van der Waals surface area (Å²) in [7, 11) is -3.71. The Balaban J connectivity index is 1.70. The average molecular weight is 475 g/mol. The van der Waals surface area contributed by atoms with Crippen molar-refractivity contribution in [1.29, 1.82) is 0 Å². The van der Waals surface area contributed by atoms with Gasteiger partial charge < -0.3 is 15.0 Å². The van der Waals surface area contributed by atoms with Crippen LogP contribution < -0.4 is 10.2 Å². The minimum absolute atomic E-state index is 0.0199. The minimum atomic E-state index is -3.71. The van der Waals surface area contributed by atoms with Crippen molar-refractivity contribution in [1.82, 2.24) is 9.97 Å². The van der Waals surface area contributed by atoms with Gasteiger partial charge in [-0.15, -0.1) is 0 Å². The molecule has 9 nitrogen and oxygen atoms in total. The zero-order chi connectivity index (χ0) is 23.8. The normalized spacial score (nSPS) is 13.4. The molecule has 1 aromatic heterocycles. The number of nitrogens with one attached hydrogen (secondary N) is 1. The molecule has 178 valence electrons. The molecule has 0 radical (unpaired) electrons. The predicted molar refractivity (Wildman–Crippen MR) is 125 cm³/mol. The van der Waals surface area contributed by atoms with Gasteiger partial charge in [0, 0.05) is 24.8 Å². The monoisotopic (exact) mass is 474 g/mol. The summed E-state index contributed by atoms with van der Waals surface area (Å²) < 4.78 is 29.9. The molecule has 0 spiro atoms. The molecule has 1 aliphatic rings. The zero-order valence-corrected chi connectivity index (χ0v) is 19.8. The van der Waals surface area contributed by atoms with E-state index >= 15 is 0 Å². The van der Waals surface area contributed by atoms with Crippen LogP contribution in [-0.4, -0.2) is 55.7 Å². The number of hydrogen-bond donors (Lipinski definition) is 1. The van der Waals surface area contributed by atoms with Crippen LogP contribution in [0.3, 0.4) is 0 Å². The quantitative estimate of drug-likeness (QED) is 0.466. The van der Waals surface area contributed by atoms with Gasteiger partial charge in [0.2, 0.25) is 0 Å². The van der Waals surface area contributed by atoms with Gasteiger partial charge in [-0.1, -0.05) is 13.0 Å². The highest BCUT2D eigenvalue weighted by Gasteiger charge is 2.25. The summed E-state index contributed by atoms with van der Waals surface area (Å²) in [6.07, 6.45) is 4.55. The number of amides is 1. The summed E-state index contributed by atoms with van der Waals surface area (Å²) >= 11 is 0. The number of benzene rings is 1. The smallest absolute Gasteiger partial charge is 0.306 e. The minimum Gasteiger partial charge on any atom is -0.466 e. The maximum atomic E-state index is 12.8. The largest absolute Gasteiger partial charge is 0.466 e. The number of hydrogen-bond acceptors (Lipinski definition) is 8. The highest BCUT2D eigenvalue weighted by atomic mass is 32.2. The Kier molecular flexibility index (Phi) is 8.37. The van der Waals surface area contributed by atoms with Gasteiger partial charge in [-0.3, -0.25) is 9.59 Å². The predicted octanol–water partition coefficient (Wildman–Crippen LogP) is 3.08. The van der Waals surface area contributed by atoms with Crippen LogP contribution in [0.25, 0.3) is 0 Å². The number of ether oxygens (including phenoxy) is 1. The summed E-state index contributed by atoms with van der Waals surface area (Å²) in [6.45, 7) is 5.72. The SMILES string of the molecule is CCCN(CC1CC1)c1cc(C(=O)Nc2cccc(S(=O)(=O)CCC(=O)OCC)c2)ncn1. The first kappa shape index (κ1) is 24.6. The summed E-state index contributed by atoms with van der Waals surface area (Å²) in [5.41, 5.74) is 0.522. The molecule has 33 heavy (non-hydrogen) atoms. The van der Waals surface area contributed by atoms with Gasteiger partial charge in [-0.25, -0.2) is 18.4 Å². The van der Waals surface area contributed by atoms with Gasteiger partial charge in [-0.05, 0) is 50.3 Å². The van der Waals surface area contributed by atoms with E-state index in [4.69, 9.17) is 4.74 Å². The van der Waals surface area contributed by atoms with Gasteiger partial charge in [0.15, 0.2) is 9.84 Å². The van der Waals surface area contributed by atoms with Gasteiger partial charge in [-0.2, -0.15) is 0 Å². The third kappa shape index (κ3) is 7.24. The number of aromatic nitrogens is 2. The van der Waals surface area contributed by atoms with Gasteiger partial charge in [0.1, 0.15) is 17.8 Å². The summed E-state index contributed by atoms with van der Waals surface area (Å²) in [5, 5.41) is 2.70. The molecule has 1 amide bonds. The molecule has 1 fully saturated rings. The Labute approximate surface area is 194 Å². The summed E-state index contributed by atoms with van der Waals surface area (Å²) in [6, 6.07) is 7.60. The van der Waals surface area contributed by atoms with Crippen molar-refractivity contribution < 1.29 is 22.7 Å². The molecular formula is C23H30N4O5S. The second-order valence-corrected chi connectivity index (χ2v) is 10.1. The molecule has 0 saturated heterocycles. The van der Waals surface area contributed by atoms with Crippen LogP contribution in [0.15, 0.2) is 41.6 Å². The molecule has 0 atom stereocenters. The second kappa shape index (κ2) is 11.2. The standard InChI is InChI=1S/C23H30N4O5S/c1-3-11-27(15-17-8-9-17)21-14-20(24-16-25-21)23(29)26-18-6-5-7-19(13-18)33(30,31)12-10-22(28)32-4-2/h5-7,13-14,16-17H,3-4,8-12,15H2,1-2H3,(H,26,29). The van der Waals surface area contributed by atoms with Crippen molar-refractivity contribution in [3.05, 3.63) is 42.4 Å². The maximum absolute atomic E-state index is 12.8. The first-order valence-corrected chi connectivity index (χ1v) is 12.8. The Morgan fingerprint density at radius 1 is 1.18 bits per heavy atom. The molecular weight excluding hydrogens is 444 g/mol. The van der Waals surface area contributed by atoms with Crippen LogP contribution in [0.2, 0.25) is 0 Å². The van der Waals surface area contributed by atoms with Gasteiger partial charge in [0.25, 0.3) is 5.91 Å². The summed E-state index contributed by atoms with van der Waals surface area (Å²) in [5.74, 6) is -0.00441. The molecule has 3 rings (SSSR count). The number of anilines is 2. The molecule has 1 heterocycles. The first-order chi connectivity index (χ1) is 15.8. The van der Waals surface area contributed by atoms with Crippen molar-refractivity contribution in [2.45, 2.75) is 44.4 Å². The number of esters is 1. The van der Waals surface area contributed by atoms with Crippen LogP contribution in [0, 0.1) is 5.92 Å². The molecule has 0 aliphatic heterocycles. The van der Waals surface area contributed by atoms with Crippen LogP contribution in [0.1, 0.15) is 50.0 Å². The number of sulfone groups is 1. The average Bonchev–Trinajstić information content (AvgIpc) is 3.62. The highest BCUT2D eigenvalue weighted by molar-refractivity contribution is 7.91. The first-order valence-electron chi connectivity index (χ1n) is 11.2. The summed E-state index contributed by atoms with van der Waals surface area (Å²) in [4.78, 5) is 34.9. The zero-order valence-electron chi connectivity index (χ0n) is 19.0. The molecule has 0 bridgehead atoms. The molecule has 1 saturated carbocycles. The van der Waals surface area contributed by atoms with E-state index in [0.29, 0.717) is 17.4 Å². The van der Waals surface area contributed by atoms with E-state index in [1.807, 2.05) is 0 Å². The Morgan fingerprint density at radius 2 is 1.97 bits per heavy atom. The topological polar surface area (TPSA) is 119 Å². The fourth-order valence-electron chi connectivity index (χ4n) is 3.36. The number of nitrogens with zero attached hydrogens (tertiary/aromatic N) is 3. The van der Waals surface area contributed by atoms with Crippen molar-refractivity contribution >= 4 is 33.2 Å². The van der Waals surface area contributed by atoms with Crippen LogP contribution in [0.4, 0.5) is 11.5 Å². The maximum Gasteiger partial charge on any atom is 0.306 e. The lowest BCUT2D eigenvalue weighted by atomic mass is 10.2. The Bertz CT molecular complexity index is 1090. The van der Waals surface area contributed by atoms with Crippen LogP contribution in [-0.2, 0) is 19.4 Å². The van der Waals surface area contributed by atoms with Crippen molar-refractivity contribution in [2.75, 3.05) is 35.7 Å². The molecule has 10 heteroatoms. The molecule has 1 aliphatic carbocycles. The highest BCUT2D eigenvalue weighted by Crippen LogP contribution is 2.31. The van der Waals surface area contributed by atoms with E-state index in [0.717, 1.165) is 19.5 Å². The van der Waals surface area contributed by atoms with Crippen LogP contribution in [0.5, 0.6) is 0 Å². The second-order valence-electron chi connectivity index (χ2n) is 8.01. The lowest BCUT2D eigenvalue weighted by molar-refractivity contribution is -0.142. The Morgan fingerprint density at radius 3 is 2.67 bits per heavy atom. The number of rotatable bonds is 12. The fourth-order valence-corrected chi connectivity index (χ4v) is 4.62. The van der Waals surface area contributed by atoms with Crippen LogP contribution >= 0.6 is 0 Å².